The minimum Gasteiger partial charge on any atom is -0.352 e. The molecule has 172 valence electrons. The second-order valence-electron chi connectivity index (χ2n) is 7.95. The molecule has 2 N–H and O–H groups in total. The first kappa shape index (κ1) is 25.9. The fourth-order valence-corrected chi connectivity index (χ4v) is 3.61. The molecule has 0 aromatic heterocycles. The summed E-state index contributed by atoms with van der Waals surface area (Å²) in [5.74, 6) is 0.840. The van der Waals surface area contributed by atoms with Gasteiger partial charge in [-0.25, -0.2) is 0 Å². The molecule has 0 atom stereocenters. The zero-order valence-corrected chi connectivity index (χ0v) is 21.5. The van der Waals surface area contributed by atoms with E-state index in [2.05, 4.69) is 50.9 Å². The van der Waals surface area contributed by atoms with Gasteiger partial charge in [-0.2, -0.15) is 0 Å². The van der Waals surface area contributed by atoms with Crippen LogP contribution in [0.5, 0.6) is 0 Å². The fourth-order valence-electron chi connectivity index (χ4n) is 3.61. The lowest BCUT2D eigenvalue weighted by Crippen LogP contribution is -2.43. The van der Waals surface area contributed by atoms with Crippen molar-refractivity contribution < 1.29 is 4.79 Å². The van der Waals surface area contributed by atoms with E-state index in [1.54, 1.807) is 0 Å². The molecule has 0 spiro atoms. The fraction of sp³-hybridized carbons (Fsp3) is 0.360. The molecule has 0 radical (unpaired) electrons. The summed E-state index contributed by atoms with van der Waals surface area (Å²) in [7, 11) is 5.80. The lowest BCUT2D eigenvalue weighted by Gasteiger charge is -2.30. The molecule has 0 bridgehead atoms. The average Bonchev–Trinajstić information content (AvgIpc) is 2.80. The number of benzene rings is 2. The van der Waals surface area contributed by atoms with Gasteiger partial charge in [0.2, 0.25) is 0 Å². The summed E-state index contributed by atoms with van der Waals surface area (Å²) in [5, 5.41) is 6.41. The summed E-state index contributed by atoms with van der Waals surface area (Å²) in [5.41, 5.74) is 4.42. The van der Waals surface area contributed by atoms with Crippen LogP contribution in [0.3, 0.4) is 0 Å². The maximum Gasteiger partial charge on any atom is 0.251 e. The van der Waals surface area contributed by atoms with Crippen molar-refractivity contribution in [2.45, 2.75) is 13.0 Å². The van der Waals surface area contributed by atoms with Crippen LogP contribution < -0.4 is 10.6 Å². The second kappa shape index (κ2) is 13.2. The van der Waals surface area contributed by atoms with Gasteiger partial charge in [-0.05, 0) is 49.3 Å². The Labute approximate surface area is 208 Å². The van der Waals surface area contributed by atoms with Crippen molar-refractivity contribution in [2.75, 3.05) is 47.3 Å². The number of halogens is 1. The van der Waals surface area contributed by atoms with Gasteiger partial charge in [-0.3, -0.25) is 9.79 Å². The van der Waals surface area contributed by atoms with Crippen molar-refractivity contribution in [1.82, 2.24) is 20.4 Å². The van der Waals surface area contributed by atoms with E-state index in [1.807, 2.05) is 56.4 Å². The van der Waals surface area contributed by atoms with Crippen molar-refractivity contribution in [3.05, 3.63) is 77.4 Å². The molecule has 0 saturated carbocycles. The summed E-state index contributed by atoms with van der Waals surface area (Å²) in [4.78, 5) is 21.1. The lowest BCUT2D eigenvalue weighted by atomic mass is 10.00. The number of nitrogens with one attached hydrogen (secondary N) is 2. The van der Waals surface area contributed by atoms with E-state index in [0.717, 1.165) is 37.6 Å². The SMILES string of the molecule is CN=C(NCc1cccc(C(=O)NCCN(C)C)c1)N1CC=C(c2ccccc2)CC1.I. The topological polar surface area (TPSA) is 60.0 Å². The Bertz CT molecular complexity index is 927. The predicted molar refractivity (Wildman–Crippen MR) is 144 cm³/mol. The molecule has 1 aliphatic rings. The highest BCUT2D eigenvalue weighted by atomic mass is 127. The minimum atomic E-state index is -0.0392. The molecule has 0 fully saturated rings. The van der Waals surface area contributed by atoms with Gasteiger partial charge in [-0.1, -0.05) is 48.5 Å². The Kier molecular flexibility index (Phi) is 10.7. The summed E-state index contributed by atoms with van der Waals surface area (Å²) in [6.45, 7) is 3.83. The number of amides is 1. The number of likely N-dealkylation sites (N-methyl/N-ethyl adjacent to an activating group) is 1. The Morgan fingerprint density at radius 3 is 2.53 bits per heavy atom. The summed E-state index contributed by atoms with van der Waals surface area (Å²) >= 11 is 0. The zero-order chi connectivity index (χ0) is 22.1. The maximum absolute atomic E-state index is 12.4. The average molecular weight is 547 g/mol. The van der Waals surface area contributed by atoms with Gasteiger partial charge in [0, 0.05) is 45.3 Å². The number of aliphatic imine (C=N–C) groups is 1. The Morgan fingerprint density at radius 2 is 1.88 bits per heavy atom. The monoisotopic (exact) mass is 547 g/mol. The molecule has 1 aliphatic heterocycles. The highest BCUT2D eigenvalue weighted by Gasteiger charge is 2.16. The highest BCUT2D eigenvalue weighted by molar-refractivity contribution is 14.0. The summed E-state index contributed by atoms with van der Waals surface area (Å²) in [6.07, 6.45) is 3.28. The Hall–Kier alpha value is -2.39. The molecular formula is C25H34IN5O. The number of rotatable bonds is 7. The number of guanidine groups is 1. The number of hydrogen-bond acceptors (Lipinski definition) is 3. The van der Waals surface area contributed by atoms with Crippen molar-refractivity contribution in [3.8, 4) is 0 Å². The van der Waals surface area contributed by atoms with Crippen molar-refractivity contribution in [1.29, 1.82) is 0 Å². The minimum absolute atomic E-state index is 0. The highest BCUT2D eigenvalue weighted by Crippen LogP contribution is 2.22. The van der Waals surface area contributed by atoms with Gasteiger partial charge in [-0.15, -0.1) is 24.0 Å². The van der Waals surface area contributed by atoms with Crippen molar-refractivity contribution in [2.24, 2.45) is 4.99 Å². The van der Waals surface area contributed by atoms with E-state index < -0.39 is 0 Å². The van der Waals surface area contributed by atoms with E-state index in [1.165, 1.54) is 11.1 Å². The van der Waals surface area contributed by atoms with E-state index in [-0.39, 0.29) is 29.9 Å². The van der Waals surface area contributed by atoms with E-state index in [4.69, 9.17) is 0 Å². The Morgan fingerprint density at radius 1 is 1.09 bits per heavy atom. The van der Waals surface area contributed by atoms with Crippen LogP contribution in [0.15, 0.2) is 65.7 Å². The molecular weight excluding hydrogens is 513 g/mol. The predicted octanol–water partition coefficient (Wildman–Crippen LogP) is 3.46. The van der Waals surface area contributed by atoms with Gasteiger partial charge in [0.05, 0.1) is 0 Å². The van der Waals surface area contributed by atoms with Gasteiger partial charge in [0.1, 0.15) is 0 Å². The third kappa shape index (κ3) is 7.63. The van der Waals surface area contributed by atoms with Crippen LogP contribution in [0.1, 0.15) is 27.9 Å². The van der Waals surface area contributed by atoms with Crippen LogP contribution in [-0.2, 0) is 6.54 Å². The maximum atomic E-state index is 12.4. The van der Waals surface area contributed by atoms with Crippen LogP contribution in [0.4, 0.5) is 0 Å². The molecule has 32 heavy (non-hydrogen) atoms. The van der Waals surface area contributed by atoms with Gasteiger partial charge < -0.3 is 20.4 Å². The molecule has 0 aliphatic carbocycles. The summed E-state index contributed by atoms with van der Waals surface area (Å²) < 4.78 is 0. The first-order valence-corrected chi connectivity index (χ1v) is 10.8. The van der Waals surface area contributed by atoms with E-state index >= 15 is 0 Å². The molecule has 7 heteroatoms. The number of hydrogen-bond donors (Lipinski definition) is 2. The van der Waals surface area contributed by atoms with Crippen LogP contribution in [0.25, 0.3) is 5.57 Å². The number of nitrogens with zero attached hydrogens (tertiary/aromatic N) is 3. The molecule has 2 aromatic carbocycles. The van der Waals surface area contributed by atoms with Crippen LogP contribution in [-0.4, -0.2) is 69.0 Å². The second-order valence-corrected chi connectivity index (χ2v) is 7.95. The van der Waals surface area contributed by atoms with Crippen molar-refractivity contribution >= 4 is 41.4 Å². The molecule has 0 saturated heterocycles. The lowest BCUT2D eigenvalue weighted by molar-refractivity contribution is 0.0951. The molecule has 3 rings (SSSR count). The first-order valence-electron chi connectivity index (χ1n) is 10.8. The normalized spacial score (nSPS) is 13.9. The van der Waals surface area contributed by atoms with Crippen LogP contribution in [0, 0.1) is 0 Å². The largest absolute Gasteiger partial charge is 0.352 e. The van der Waals surface area contributed by atoms with Crippen molar-refractivity contribution in [3.63, 3.8) is 0 Å². The van der Waals surface area contributed by atoms with Gasteiger partial charge >= 0.3 is 0 Å². The van der Waals surface area contributed by atoms with Gasteiger partial charge in [0.15, 0.2) is 5.96 Å². The van der Waals surface area contributed by atoms with Crippen LogP contribution in [0.2, 0.25) is 0 Å². The van der Waals surface area contributed by atoms with E-state index in [0.29, 0.717) is 18.7 Å². The molecule has 1 heterocycles. The first-order chi connectivity index (χ1) is 15.1. The summed E-state index contributed by atoms with van der Waals surface area (Å²) in [6, 6.07) is 18.3. The van der Waals surface area contributed by atoms with Gasteiger partial charge in [0.25, 0.3) is 5.91 Å². The van der Waals surface area contributed by atoms with Crippen LogP contribution >= 0.6 is 24.0 Å². The molecule has 2 aromatic rings. The third-order valence-corrected chi connectivity index (χ3v) is 5.35. The molecule has 6 nitrogen and oxygen atoms in total. The Balaban J connectivity index is 0.00000363. The zero-order valence-electron chi connectivity index (χ0n) is 19.2. The third-order valence-electron chi connectivity index (χ3n) is 5.35. The quantitative estimate of drug-likeness (QED) is 0.317. The molecule has 0 unspecified atom stereocenters. The van der Waals surface area contributed by atoms with E-state index in [9.17, 15) is 4.79 Å². The number of carbonyl (C=O) groups is 1. The molecule has 1 amide bonds. The standard InChI is InChI=1S/C25H33N5O.HI/c1-26-25(30-15-12-22(13-16-30)21-9-5-4-6-10-21)28-19-20-8-7-11-23(18-20)24(31)27-14-17-29(2)3;/h4-12,18H,13-17,19H2,1-3H3,(H,26,28)(H,27,31);1H. The smallest absolute Gasteiger partial charge is 0.251 e. The number of carbonyl (C=O) groups excluding carboxylic acids is 1.